The number of hydrogen-bond donors (Lipinski definition) is 1. The number of hydrogen-bond acceptors (Lipinski definition) is 4. The summed E-state index contributed by atoms with van der Waals surface area (Å²) in [5, 5.41) is 10.9. The number of benzene rings is 1. The summed E-state index contributed by atoms with van der Waals surface area (Å²) < 4.78 is 40.7. The largest absolute Gasteiger partial charge is 0.416 e. The number of piperidine rings is 1. The minimum absolute atomic E-state index is 0.260. The molecular weight excluding hydrogens is 405 g/mol. The van der Waals surface area contributed by atoms with Crippen molar-refractivity contribution < 1.29 is 18.3 Å². The van der Waals surface area contributed by atoms with Gasteiger partial charge < -0.3 is 9.67 Å². The van der Waals surface area contributed by atoms with E-state index >= 15 is 0 Å². The van der Waals surface area contributed by atoms with Crippen LogP contribution in [0.3, 0.4) is 0 Å². The Morgan fingerprint density at radius 2 is 1.94 bits per heavy atom. The number of fused-ring (bicyclic) bond motifs is 5. The lowest BCUT2D eigenvalue weighted by Gasteiger charge is -2.39. The van der Waals surface area contributed by atoms with Gasteiger partial charge in [-0.3, -0.25) is 4.90 Å². The molecule has 4 heterocycles. The van der Waals surface area contributed by atoms with Gasteiger partial charge in [0.2, 0.25) is 0 Å². The lowest BCUT2D eigenvalue weighted by molar-refractivity contribution is -0.137. The summed E-state index contributed by atoms with van der Waals surface area (Å²) in [6.07, 6.45) is 0.851. The summed E-state index contributed by atoms with van der Waals surface area (Å²) >= 11 is 0. The average Bonchev–Trinajstić information content (AvgIpc) is 3.06. The number of halogens is 3. The summed E-state index contributed by atoms with van der Waals surface area (Å²) in [6.45, 7) is 4.20. The molecule has 3 aromatic rings. The van der Waals surface area contributed by atoms with Gasteiger partial charge in [-0.15, -0.1) is 0 Å². The van der Waals surface area contributed by atoms with Crippen molar-refractivity contribution in [3.8, 4) is 0 Å². The third kappa shape index (κ3) is 3.61. The average molecular weight is 430 g/mol. The van der Waals surface area contributed by atoms with E-state index in [0.29, 0.717) is 17.4 Å². The van der Waals surface area contributed by atoms with E-state index in [9.17, 15) is 18.3 Å². The van der Waals surface area contributed by atoms with Crippen LogP contribution in [-0.4, -0.2) is 37.6 Å². The Morgan fingerprint density at radius 3 is 2.68 bits per heavy atom. The van der Waals surface area contributed by atoms with Crippen molar-refractivity contribution in [2.24, 2.45) is 0 Å². The highest BCUT2D eigenvalue weighted by atomic mass is 19.4. The van der Waals surface area contributed by atoms with E-state index < -0.39 is 17.8 Å². The molecule has 5 rings (SSSR count). The van der Waals surface area contributed by atoms with E-state index in [1.54, 1.807) is 0 Å². The minimum Gasteiger partial charge on any atom is -0.387 e. The number of aliphatic hydroxyl groups excluding tert-OH is 1. The SMILES string of the molecule is Cc1ncc2c(n1)c1c(n2CC(O)c2ccc(C(F)(F)F)cc2)CCN2CCCCC12. The Balaban J connectivity index is 1.53. The topological polar surface area (TPSA) is 54.2 Å². The van der Waals surface area contributed by atoms with Crippen molar-refractivity contribution in [2.75, 3.05) is 13.1 Å². The second-order valence-electron chi connectivity index (χ2n) is 8.56. The van der Waals surface area contributed by atoms with E-state index in [2.05, 4.69) is 14.5 Å². The first-order valence-electron chi connectivity index (χ1n) is 10.8. The molecule has 1 fully saturated rings. The summed E-state index contributed by atoms with van der Waals surface area (Å²) in [4.78, 5) is 11.7. The van der Waals surface area contributed by atoms with Crippen LogP contribution in [0.25, 0.3) is 11.0 Å². The molecule has 0 spiro atoms. The van der Waals surface area contributed by atoms with Crippen LogP contribution in [0.4, 0.5) is 13.2 Å². The molecule has 2 aliphatic heterocycles. The fourth-order valence-corrected chi connectivity index (χ4v) is 5.12. The van der Waals surface area contributed by atoms with E-state index in [-0.39, 0.29) is 6.54 Å². The zero-order valence-electron chi connectivity index (χ0n) is 17.4. The van der Waals surface area contributed by atoms with Crippen LogP contribution < -0.4 is 0 Å². The molecule has 0 aliphatic carbocycles. The number of aryl methyl sites for hydroxylation is 1. The lowest BCUT2D eigenvalue weighted by Crippen LogP contribution is -2.39. The highest BCUT2D eigenvalue weighted by Crippen LogP contribution is 2.42. The van der Waals surface area contributed by atoms with Gasteiger partial charge in [-0.1, -0.05) is 18.6 Å². The van der Waals surface area contributed by atoms with Gasteiger partial charge in [-0.25, -0.2) is 9.97 Å². The molecule has 0 radical (unpaired) electrons. The summed E-state index contributed by atoms with van der Waals surface area (Å²) in [6, 6.07) is 5.09. The third-order valence-corrected chi connectivity index (χ3v) is 6.63. The molecular formula is C23H25F3N4O. The van der Waals surface area contributed by atoms with Crippen molar-refractivity contribution in [1.82, 2.24) is 19.4 Å². The van der Waals surface area contributed by atoms with E-state index in [1.807, 2.05) is 13.1 Å². The third-order valence-electron chi connectivity index (χ3n) is 6.63. The van der Waals surface area contributed by atoms with Crippen LogP contribution in [0.2, 0.25) is 0 Å². The van der Waals surface area contributed by atoms with Gasteiger partial charge >= 0.3 is 6.18 Å². The Hall–Kier alpha value is -2.45. The Morgan fingerprint density at radius 1 is 1.16 bits per heavy atom. The standard InChI is InChI=1S/C23H25F3N4O/c1-14-27-12-19-22(28-14)21-17-4-2-3-10-29(17)11-9-18(21)30(19)13-20(31)15-5-7-16(8-6-15)23(24,25)26/h5-8,12,17,20,31H,2-4,9-11,13H2,1H3. The lowest BCUT2D eigenvalue weighted by atomic mass is 9.90. The zero-order valence-corrected chi connectivity index (χ0v) is 17.4. The van der Waals surface area contributed by atoms with Crippen LogP contribution in [0, 0.1) is 6.92 Å². The highest BCUT2D eigenvalue weighted by Gasteiger charge is 2.35. The van der Waals surface area contributed by atoms with Crippen molar-refractivity contribution in [1.29, 1.82) is 0 Å². The van der Waals surface area contributed by atoms with Crippen LogP contribution in [0.15, 0.2) is 30.5 Å². The normalized spacial score (nSPS) is 20.5. The maximum Gasteiger partial charge on any atom is 0.416 e. The van der Waals surface area contributed by atoms with Gasteiger partial charge in [0, 0.05) is 30.3 Å². The molecule has 2 aromatic heterocycles. The number of aliphatic hydroxyl groups is 1. The molecule has 8 heteroatoms. The maximum atomic E-state index is 12.9. The van der Waals surface area contributed by atoms with Crippen LogP contribution in [0.5, 0.6) is 0 Å². The van der Waals surface area contributed by atoms with Crippen LogP contribution >= 0.6 is 0 Å². The van der Waals surface area contributed by atoms with Gasteiger partial charge in [0.15, 0.2) is 0 Å². The number of aromatic nitrogens is 3. The molecule has 0 bridgehead atoms. The van der Waals surface area contributed by atoms with E-state index in [4.69, 9.17) is 4.98 Å². The summed E-state index contributed by atoms with van der Waals surface area (Å²) in [7, 11) is 0. The molecule has 2 atom stereocenters. The van der Waals surface area contributed by atoms with Gasteiger partial charge in [0.1, 0.15) is 5.82 Å². The van der Waals surface area contributed by atoms with Crippen LogP contribution in [-0.2, 0) is 19.1 Å². The molecule has 1 aromatic carbocycles. The molecule has 2 aliphatic rings. The predicted molar refractivity (Wildman–Crippen MR) is 111 cm³/mol. The molecule has 1 N–H and O–H groups in total. The highest BCUT2D eigenvalue weighted by molar-refractivity contribution is 5.82. The number of rotatable bonds is 3. The first-order chi connectivity index (χ1) is 14.8. The second-order valence-corrected chi connectivity index (χ2v) is 8.56. The van der Waals surface area contributed by atoms with E-state index in [0.717, 1.165) is 49.1 Å². The van der Waals surface area contributed by atoms with Crippen LogP contribution in [0.1, 0.15) is 59.6 Å². The fraction of sp³-hybridized carbons (Fsp3) is 0.478. The van der Waals surface area contributed by atoms with Gasteiger partial charge in [0.25, 0.3) is 0 Å². The molecule has 164 valence electrons. The molecule has 2 unspecified atom stereocenters. The second kappa shape index (κ2) is 7.60. The number of nitrogens with zero attached hydrogens (tertiary/aromatic N) is 4. The molecule has 0 amide bonds. The van der Waals surface area contributed by atoms with Crippen molar-refractivity contribution in [2.45, 2.75) is 57.5 Å². The van der Waals surface area contributed by atoms with Gasteiger partial charge in [0.05, 0.1) is 35.4 Å². The Bertz CT molecular complexity index is 1110. The first kappa shape index (κ1) is 20.5. The van der Waals surface area contributed by atoms with Gasteiger partial charge in [-0.05, 0) is 44.0 Å². The predicted octanol–water partition coefficient (Wildman–Crippen LogP) is 4.58. The first-order valence-corrected chi connectivity index (χ1v) is 10.8. The number of alkyl halides is 3. The molecule has 5 nitrogen and oxygen atoms in total. The summed E-state index contributed by atoms with van der Waals surface area (Å²) in [5.41, 5.74) is 3.99. The fourth-order valence-electron chi connectivity index (χ4n) is 5.12. The van der Waals surface area contributed by atoms with Gasteiger partial charge in [-0.2, -0.15) is 13.2 Å². The Labute approximate surface area is 178 Å². The molecule has 0 saturated carbocycles. The molecule has 31 heavy (non-hydrogen) atoms. The minimum atomic E-state index is -4.39. The maximum absolute atomic E-state index is 12.9. The summed E-state index contributed by atoms with van der Waals surface area (Å²) in [5.74, 6) is 0.712. The van der Waals surface area contributed by atoms with E-state index in [1.165, 1.54) is 36.2 Å². The van der Waals surface area contributed by atoms with Crippen molar-refractivity contribution >= 4 is 11.0 Å². The Kier molecular flexibility index (Phi) is 5.01. The molecule has 1 saturated heterocycles. The quantitative estimate of drug-likeness (QED) is 0.661. The van der Waals surface area contributed by atoms with Crippen molar-refractivity contribution in [3.05, 3.63) is 58.7 Å². The monoisotopic (exact) mass is 430 g/mol. The zero-order chi connectivity index (χ0) is 21.8. The van der Waals surface area contributed by atoms with Crippen molar-refractivity contribution in [3.63, 3.8) is 0 Å². The smallest absolute Gasteiger partial charge is 0.387 e.